The third kappa shape index (κ3) is 7.82. The first-order valence-corrected chi connectivity index (χ1v) is 31.9. The fraction of sp³-hybridized carbons (Fsp3) is 0.400. The van der Waals surface area contributed by atoms with Crippen LogP contribution >= 0.6 is 0 Å². The number of benzene rings is 8. The van der Waals surface area contributed by atoms with Crippen molar-refractivity contribution in [2.24, 2.45) is 0 Å². The molecule has 3 heterocycles. The SMILES string of the molecule is Cc1cc(C)c2c(c1)C1(C)CCc3ccccc3C1(C)N2c1ccc2c(c1)N(c1ccc(C(C)(C)C)cc1-c1ccccc1)c1cc(C(C)(C)C)cc3c1B2c1cc2c(cc1N3c1ccc3c(c1)C(C)(C)CCC3(C)C)C(C)(C)CCC2(C)C. The van der Waals surface area contributed by atoms with Crippen molar-refractivity contribution in [1.82, 2.24) is 0 Å². The first-order valence-electron chi connectivity index (χ1n) is 31.9. The number of hydrogen-bond donors (Lipinski definition) is 0. The van der Waals surface area contributed by atoms with Crippen LogP contribution in [0.15, 0.2) is 146 Å². The van der Waals surface area contributed by atoms with Gasteiger partial charge in [0, 0.05) is 50.8 Å². The lowest BCUT2D eigenvalue weighted by Crippen LogP contribution is -2.62. The average Bonchev–Trinajstić information content (AvgIpc) is 1.27. The minimum atomic E-state index is -0.363. The van der Waals surface area contributed by atoms with Crippen molar-refractivity contribution in [2.45, 2.75) is 207 Å². The van der Waals surface area contributed by atoms with E-state index in [0.29, 0.717) is 0 Å². The first kappa shape index (κ1) is 55.1. The van der Waals surface area contributed by atoms with E-state index in [1.165, 1.54) is 147 Å². The Kier molecular flexibility index (Phi) is 11.7. The molecule has 0 radical (unpaired) electrons. The Balaban J connectivity index is 1.13. The number of fused-ring (bicyclic) bond motifs is 11. The van der Waals surface area contributed by atoms with Gasteiger partial charge in [0.05, 0.1) is 11.2 Å². The van der Waals surface area contributed by atoms with E-state index in [1.807, 2.05) is 0 Å². The number of hydrogen-bond acceptors (Lipinski definition) is 3. The molecule has 3 aliphatic heterocycles. The molecule has 0 saturated heterocycles. The molecule has 0 amide bonds. The van der Waals surface area contributed by atoms with Crippen LogP contribution in [-0.4, -0.2) is 6.71 Å². The monoisotopic (exact) mass is 1100 g/mol. The topological polar surface area (TPSA) is 9.72 Å². The molecule has 6 aliphatic rings. The Morgan fingerprint density at radius 3 is 1.67 bits per heavy atom. The smallest absolute Gasteiger partial charge is 0.252 e. The molecular formula is C80H90BN3. The van der Waals surface area contributed by atoms with Crippen molar-refractivity contribution in [3.05, 3.63) is 207 Å². The van der Waals surface area contributed by atoms with Crippen LogP contribution in [-0.2, 0) is 49.9 Å². The van der Waals surface area contributed by atoms with E-state index in [1.54, 1.807) is 0 Å². The lowest BCUT2D eigenvalue weighted by molar-refractivity contribution is 0.245. The molecule has 0 aromatic heterocycles. The van der Waals surface area contributed by atoms with E-state index in [2.05, 4.69) is 285 Å². The fourth-order valence-corrected chi connectivity index (χ4v) is 17.1. The zero-order valence-electron chi connectivity index (χ0n) is 54.0. The summed E-state index contributed by atoms with van der Waals surface area (Å²) < 4.78 is 0. The van der Waals surface area contributed by atoms with Gasteiger partial charge in [-0.1, -0.05) is 200 Å². The van der Waals surface area contributed by atoms with Gasteiger partial charge in [-0.3, -0.25) is 0 Å². The molecule has 428 valence electrons. The highest BCUT2D eigenvalue weighted by molar-refractivity contribution is 7.00. The van der Waals surface area contributed by atoms with Gasteiger partial charge in [0.15, 0.2) is 0 Å². The van der Waals surface area contributed by atoms with Crippen molar-refractivity contribution >= 4 is 68.6 Å². The maximum Gasteiger partial charge on any atom is 0.252 e. The van der Waals surface area contributed by atoms with Gasteiger partial charge in [0.25, 0.3) is 6.71 Å². The van der Waals surface area contributed by atoms with Gasteiger partial charge in [-0.25, -0.2) is 0 Å². The van der Waals surface area contributed by atoms with Crippen LogP contribution in [0.25, 0.3) is 11.1 Å². The third-order valence-corrected chi connectivity index (χ3v) is 22.7. The molecule has 8 aromatic carbocycles. The lowest BCUT2D eigenvalue weighted by atomic mass is 9.33. The predicted molar refractivity (Wildman–Crippen MR) is 361 cm³/mol. The van der Waals surface area contributed by atoms with Gasteiger partial charge in [0.1, 0.15) is 0 Å². The van der Waals surface area contributed by atoms with E-state index in [0.717, 1.165) is 25.7 Å². The van der Waals surface area contributed by atoms with Crippen LogP contribution in [0.2, 0.25) is 0 Å². The number of anilines is 8. The van der Waals surface area contributed by atoms with Crippen molar-refractivity contribution in [3.8, 4) is 11.1 Å². The molecule has 0 fully saturated rings. The van der Waals surface area contributed by atoms with E-state index in [-0.39, 0.29) is 50.2 Å². The molecule has 0 bridgehead atoms. The van der Waals surface area contributed by atoms with Crippen LogP contribution in [0.1, 0.15) is 204 Å². The van der Waals surface area contributed by atoms with Crippen LogP contribution in [0.4, 0.5) is 45.5 Å². The summed E-state index contributed by atoms with van der Waals surface area (Å²) in [7, 11) is 0. The molecule has 4 heteroatoms. The first-order chi connectivity index (χ1) is 39.4. The summed E-state index contributed by atoms with van der Waals surface area (Å²) in [4.78, 5) is 8.32. The Labute approximate surface area is 505 Å². The summed E-state index contributed by atoms with van der Waals surface area (Å²) in [5.41, 5.74) is 32.0. The number of rotatable bonds is 4. The Morgan fingerprint density at radius 2 is 1.00 bits per heavy atom. The van der Waals surface area contributed by atoms with Crippen molar-refractivity contribution in [1.29, 1.82) is 0 Å². The summed E-state index contributed by atoms with van der Waals surface area (Å²) in [6, 6.07) is 59.1. The van der Waals surface area contributed by atoms with Gasteiger partial charge in [-0.15, -0.1) is 0 Å². The molecule has 3 aliphatic carbocycles. The molecule has 0 spiro atoms. The Bertz CT molecular complexity index is 4080. The molecule has 2 atom stereocenters. The molecule has 8 aromatic rings. The van der Waals surface area contributed by atoms with Crippen molar-refractivity contribution in [3.63, 3.8) is 0 Å². The average molecular weight is 1100 g/mol. The van der Waals surface area contributed by atoms with Crippen LogP contribution in [0, 0.1) is 13.8 Å². The van der Waals surface area contributed by atoms with Gasteiger partial charge in [-0.2, -0.15) is 0 Å². The van der Waals surface area contributed by atoms with E-state index < -0.39 is 0 Å². The second-order valence-electron chi connectivity index (χ2n) is 32.0. The molecule has 3 nitrogen and oxygen atoms in total. The van der Waals surface area contributed by atoms with Crippen LogP contribution in [0.5, 0.6) is 0 Å². The summed E-state index contributed by atoms with van der Waals surface area (Å²) in [5.74, 6) is 0. The molecule has 14 rings (SSSR count). The standard InChI is InChI=1S/C80H90BN3/c1-49-40-50(2)72-63(41-49)79(17)35-34-52-26-22-23-27-58(52)80(79,18)84(72)56-30-32-64-67(46-56)83(66-33-28-53(73(3,4)5)42-57(66)51-24-20-19-21-25-51)70-44-54(74(6,7)8)43-69-71(70)81(64)65-47-61-62(78(15,16)39-38-77(61,13)14)48-68(65)82(69)55-29-31-59-60(45-55)76(11,12)37-36-75(59,9)10/h19-33,40-48H,34-39H2,1-18H3. The number of aryl methyl sites for hydroxylation is 3. The van der Waals surface area contributed by atoms with E-state index in [9.17, 15) is 0 Å². The summed E-state index contributed by atoms with van der Waals surface area (Å²) in [6.45, 7) is 44.1. The largest absolute Gasteiger partial charge is 0.330 e. The van der Waals surface area contributed by atoms with E-state index in [4.69, 9.17) is 0 Å². The molecule has 0 N–H and O–H groups in total. The molecular weight excluding hydrogens is 1010 g/mol. The number of nitrogens with zero attached hydrogens (tertiary/aromatic N) is 3. The zero-order chi connectivity index (χ0) is 59.4. The summed E-state index contributed by atoms with van der Waals surface area (Å²) in [6.07, 6.45) is 6.82. The summed E-state index contributed by atoms with van der Waals surface area (Å²) >= 11 is 0. The van der Waals surface area contributed by atoms with Crippen molar-refractivity contribution < 1.29 is 0 Å². The van der Waals surface area contributed by atoms with Gasteiger partial charge in [-0.05, 0) is 224 Å². The highest BCUT2D eigenvalue weighted by Gasteiger charge is 2.61. The zero-order valence-corrected chi connectivity index (χ0v) is 54.0. The minimum absolute atomic E-state index is 0.00978. The fourth-order valence-electron chi connectivity index (χ4n) is 17.1. The molecule has 0 saturated carbocycles. The van der Waals surface area contributed by atoms with Gasteiger partial charge >= 0.3 is 0 Å². The predicted octanol–water partition coefficient (Wildman–Crippen LogP) is 19.6. The molecule has 2 unspecified atom stereocenters. The van der Waals surface area contributed by atoms with Crippen LogP contribution in [0.3, 0.4) is 0 Å². The highest BCUT2D eigenvalue weighted by Crippen LogP contribution is 2.65. The minimum Gasteiger partial charge on any atom is -0.330 e. The van der Waals surface area contributed by atoms with Crippen molar-refractivity contribution in [2.75, 3.05) is 14.7 Å². The maximum atomic E-state index is 2.82. The summed E-state index contributed by atoms with van der Waals surface area (Å²) in [5, 5.41) is 0. The van der Waals surface area contributed by atoms with Crippen LogP contribution < -0.4 is 31.1 Å². The Morgan fingerprint density at radius 1 is 0.417 bits per heavy atom. The third-order valence-electron chi connectivity index (χ3n) is 22.7. The quantitative estimate of drug-likeness (QED) is 0.163. The van der Waals surface area contributed by atoms with Gasteiger partial charge < -0.3 is 14.7 Å². The normalized spacial score (nSPS) is 21.8. The lowest BCUT2D eigenvalue weighted by Gasteiger charge is -2.51. The second kappa shape index (κ2) is 17.9. The van der Waals surface area contributed by atoms with E-state index >= 15 is 0 Å². The second-order valence-corrected chi connectivity index (χ2v) is 32.0. The maximum absolute atomic E-state index is 2.82. The Hall–Kier alpha value is -6.78. The highest BCUT2D eigenvalue weighted by atomic mass is 15.3. The van der Waals surface area contributed by atoms with Gasteiger partial charge in [0.2, 0.25) is 0 Å². The molecule has 84 heavy (non-hydrogen) atoms.